The second kappa shape index (κ2) is 10.00. The summed E-state index contributed by atoms with van der Waals surface area (Å²) < 4.78 is 4.86. The van der Waals surface area contributed by atoms with Gasteiger partial charge in [-0.1, -0.05) is 32.9 Å². The maximum atomic E-state index is 13.6. The van der Waals surface area contributed by atoms with Crippen LogP contribution in [0.1, 0.15) is 68.7 Å². The smallest absolute Gasteiger partial charge is 0.339 e. The van der Waals surface area contributed by atoms with Gasteiger partial charge in [0.2, 0.25) is 0 Å². The molecule has 1 aliphatic carbocycles. The summed E-state index contributed by atoms with van der Waals surface area (Å²) in [4.78, 5) is 43.9. The van der Waals surface area contributed by atoms with Crippen molar-refractivity contribution < 1.29 is 19.1 Å². The highest BCUT2D eigenvalue weighted by molar-refractivity contribution is 7.17. The zero-order valence-electron chi connectivity index (χ0n) is 20.3. The van der Waals surface area contributed by atoms with E-state index in [4.69, 9.17) is 4.74 Å². The number of thiophene rings is 1. The molecule has 0 saturated heterocycles. The molecule has 1 atom stereocenters. The first-order valence-corrected chi connectivity index (χ1v) is 12.3. The van der Waals surface area contributed by atoms with Crippen molar-refractivity contribution in [3.05, 3.63) is 75.9 Å². The Morgan fingerprint density at radius 1 is 1.06 bits per heavy atom. The van der Waals surface area contributed by atoms with Gasteiger partial charge in [0.25, 0.3) is 11.8 Å². The number of esters is 1. The van der Waals surface area contributed by atoms with E-state index in [0.29, 0.717) is 27.7 Å². The summed E-state index contributed by atoms with van der Waals surface area (Å²) in [5.74, 6) is -0.750. The summed E-state index contributed by atoms with van der Waals surface area (Å²) in [5.41, 5.74) is 2.59. The molecule has 182 valence electrons. The van der Waals surface area contributed by atoms with E-state index in [-0.39, 0.29) is 22.8 Å². The van der Waals surface area contributed by atoms with Crippen LogP contribution >= 0.6 is 11.3 Å². The summed E-state index contributed by atoms with van der Waals surface area (Å²) in [6.45, 7) is 6.70. The predicted molar refractivity (Wildman–Crippen MR) is 137 cm³/mol. The van der Waals surface area contributed by atoms with Gasteiger partial charge >= 0.3 is 5.97 Å². The van der Waals surface area contributed by atoms with Crippen molar-refractivity contribution in [2.75, 3.05) is 17.7 Å². The van der Waals surface area contributed by atoms with E-state index in [0.717, 1.165) is 29.7 Å². The lowest BCUT2D eigenvalue weighted by atomic mass is 9.72. The summed E-state index contributed by atoms with van der Waals surface area (Å²) in [5, 5.41) is 6.32. The minimum atomic E-state index is -0.536. The van der Waals surface area contributed by atoms with Crippen molar-refractivity contribution in [2.24, 2.45) is 11.3 Å². The van der Waals surface area contributed by atoms with Gasteiger partial charge < -0.3 is 15.4 Å². The molecule has 7 nitrogen and oxygen atoms in total. The second-order valence-corrected chi connectivity index (χ2v) is 10.8. The number of amides is 2. The number of pyridine rings is 1. The van der Waals surface area contributed by atoms with Crippen molar-refractivity contribution >= 4 is 39.8 Å². The molecular formula is C27H29N3O4S. The number of nitrogens with one attached hydrogen (secondary N) is 2. The van der Waals surface area contributed by atoms with Gasteiger partial charge in [-0.05, 0) is 60.4 Å². The van der Waals surface area contributed by atoms with Crippen LogP contribution in [0.15, 0.2) is 48.8 Å². The number of hydrogen-bond acceptors (Lipinski definition) is 6. The number of para-hydroxylation sites is 1. The highest BCUT2D eigenvalue weighted by Crippen LogP contribution is 2.44. The number of carbonyl (C=O) groups is 3. The van der Waals surface area contributed by atoms with Gasteiger partial charge in [0.05, 0.1) is 29.5 Å². The van der Waals surface area contributed by atoms with Gasteiger partial charge in [-0.25, -0.2) is 4.79 Å². The molecule has 0 saturated carbocycles. The number of methoxy groups -OCH3 is 1. The van der Waals surface area contributed by atoms with Crippen LogP contribution in [0.3, 0.4) is 0 Å². The average molecular weight is 492 g/mol. The summed E-state index contributed by atoms with van der Waals surface area (Å²) >= 11 is 1.45. The Bertz CT molecular complexity index is 1260. The summed E-state index contributed by atoms with van der Waals surface area (Å²) in [6.07, 6.45) is 5.65. The van der Waals surface area contributed by atoms with E-state index in [9.17, 15) is 14.4 Å². The van der Waals surface area contributed by atoms with Crippen LogP contribution in [-0.4, -0.2) is 29.9 Å². The SMILES string of the molecule is COC(=O)c1ccccc1NC(=O)c1c(NC(=O)c2cccnc2)sc2c1CC[C@@H](C(C)(C)C)C2. The molecule has 2 amide bonds. The Balaban J connectivity index is 1.71. The molecule has 1 aromatic carbocycles. The van der Waals surface area contributed by atoms with Gasteiger partial charge in [-0.15, -0.1) is 11.3 Å². The molecule has 8 heteroatoms. The summed E-state index contributed by atoms with van der Waals surface area (Å²) in [7, 11) is 1.30. The number of ether oxygens (including phenoxy) is 1. The third kappa shape index (κ3) is 5.27. The van der Waals surface area contributed by atoms with Gasteiger partial charge in [-0.3, -0.25) is 14.6 Å². The van der Waals surface area contributed by atoms with Crippen molar-refractivity contribution in [3.63, 3.8) is 0 Å². The number of carbonyl (C=O) groups excluding carboxylic acids is 3. The number of anilines is 2. The molecule has 0 bridgehead atoms. The van der Waals surface area contributed by atoms with Gasteiger partial charge in [0.1, 0.15) is 5.00 Å². The van der Waals surface area contributed by atoms with Gasteiger partial charge in [0, 0.05) is 17.3 Å². The minimum Gasteiger partial charge on any atom is -0.465 e. The zero-order chi connectivity index (χ0) is 25.2. The molecule has 0 radical (unpaired) electrons. The fourth-order valence-electron chi connectivity index (χ4n) is 4.39. The number of rotatable bonds is 5. The number of fused-ring (bicyclic) bond motifs is 1. The summed E-state index contributed by atoms with van der Waals surface area (Å²) in [6, 6.07) is 10.1. The monoisotopic (exact) mass is 491 g/mol. The molecule has 0 aliphatic heterocycles. The molecular weight excluding hydrogens is 462 g/mol. The molecule has 0 unspecified atom stereocenters. The third-order valence-corrected chi connectivity index (χ3v) is 7.62. The van der Waals surface area contributed by atoms with Crippen molar-refractivity contribution in [3.8, 4) is 0 Å². The molecule has 0 fully saturated rings. The molecule has 2 N–H and O–H groups in total. The Labute approximate surface area is 208 Å². The molecule has 0 spiro atoms. The van der Waals surface area contributed by atoms with Crippen molar-refractivity contribution in [1.82, 2.24) is 4.98 Å². The van der Waals surface area contributed by atoms with E-state index >= 15 is 0 Å². The van der Waals surface area contributed by atoms with E-state index in [2.05, 4.69) is 36.4 Å². The van der Waals surface area contributed by atoms with Crippen molar-refractivity contribution in [1.29, 1.82) is 0 Å². The Morgan fingerprint density at radius 2 is 1.83 bits per heavy atom. The maximum Gasteiger partial charge on any atom is 0.339 e. The lowest BCUT2D eigenvalue weighted by Gasteiger charge is -2.33. The molecule has 3 aromatic rings. The van der Waals surface area contributed by atoms with Gasteiger partial charge in [0.15, 0.2) is 0 Å². The number of aromatic nitrogens is 1. The first-order valence-electron chi connectivity index (χ1n) is 11.5. The first-order chi connectivity index (χ1) is 16.7. The van der Waals surface area contributed by atoms with E-state index < -0.39 is 5.97 Å². The Hall–Kier alpha value is -3.52. The van der Waals surface area contributed by atoms with Crippen LogP contribution in [0.4, 0.5) is 10.7 Å². The quantitative estimate of drug-likeness (QED) is 0.454. The Kier molecular flexibility index (Phi) is 7.03. The first kappa shape index (κ1) is 24.6. The Morgan fingerprint density at radius 3 is 2.51 bits per heavy atom. The van der Waals surface area contributed by atoms with E-state index in [1.165, 1.54) is 24.6 Å². The minimum absolute atomic E-state index is 0.142. The number of benzene rings is 1. The molecule has 35 heavy (non-hydrogen) atoms. The zero-order valence-corrected chi connectivity index (χ0v) is 21.1. The maximum absolute atomic E-state index is 13.6. The molecule has 1 aliphatic rings. The lowest BCUT2D eigenvalue weighted by Crippen LogP contribution is -2.27. The normalized spacial score (nSPS) is 15.1. The van der Waals surface area contributed by atoms with Crippen LogP contribution < -0.4 is 10.6 Å². The largest absolute Gasteiger partial charge is 0.465 e. The number of hydrogen-bond donors (Lipinski definition) is 2. The van der Waals surface area contributed by atoms with E-state index in [1.54, 1.807) is 42.6 Å². The van der Waals surface area contributed by atoms with Crippen LogP contribution in [-0.2, 0) is 17.6 Å². The van der Waals surface area contributed by atoms with E-state index in [1.807, 2.05) is 0 Å². The average Bonchev–Trinajstić information content (AvgIpc) is 3.21. The predicted octanol–water partition coefficient (Wildman–Crippen LogP) is 5.59. The third-order valence-electron chi connectivity index (χ3n) is 6.45. The second-order valence-electron chi connectivity index (χ2n) is 9.70. The fraction of sp³-hybridized carbons (Fsp3) is 0.333. The van der Waals surface area contributed by atoms with Crippen LogP contribution in [0, 0.1) is 11.3 Å². The van der Waals surface area contributed by atoms with Crippen molar-refractivity contribution in [2.45, 2.75) is 40.0 Å². The molecule has 2 aromatic heterocycles. The molecule has 2 heterocycles. The number of nitrogens with zero attached hydrogens (tertiary/aromatic N) is 1. The van der Waals surface area contributed by atoms with Crippen LogP contribution in [0.2, 0.25) is 0 Å². The van der Waals surface area contributed by atoms with Gasteiger partial charge in [-0.2, -0.15) is 0 Å². The molecule has 4 rings (SSSR count). The lowest BCUT2D eigenvalue weighted by molar-refractivity contribution is 0.0601. The fourth-order valence-corrected chi connectivity index (χ4v) is 5.71. The topological polar surface area (TPSA) is 97.4 Å². The highest BCUT2D eigenvalue weighted by Gasteiger charge is 2.34. The standard InChI is InChI=1S/C27H29N3O4S/c1-27(2,3)17-11-12-19-21(14-17)35-25(30-23(31)16-8-7-13-28-15-16)22(19)24(32)29-20-10-6-5-9-18(20)26(33)34-4/h5-10,13,15,17H,11-12,14H2,1-4H3,(H,29,32)(H,30,31)/t17-/m1/s1. The van der Waals surface area contributed by atoms with Crippen LogP contribution in [0.5, 0.6) is 0 Å². The highest BCUT2D eigenvalue weighted by atomic mass is 32.1. The van der Waals surface area contributed by atoms with Crippen LogP contribution in [0.25, 0.3) is 0 Å².